The summed E-state index contributed by atoms with van der Waals surface area (Å²) in [6.07, 6.45) is 1.70. The highest BCUT2D eigenvalue weighted by Gasteiger charge is 2.14. The Hall–Kier alpha value is -3.45. The molecule has 1 aromatic heterocycles. The van der Waals surface area contributed by atoms with Crippen LogP contribution in [-0.4, -0.2) is 15.8 Å². The van der Waals surface area contributed by atoms with Crippen LogP contribution in [0, 0.1) is 10.1 Å². The number of amides is 1. The lowest BCUT2D eigenvalue weighted by Gasteiger charge is -2.09. The number of halogens is 1. The molecular formula is C20H16ClN3O4. The number of aromatic nitrogens is 1. The van der Waals surface area contributed by atoms with Crippen LogP contribution < -0.4 is 10.1 Å². The monoisotopic (exact) mass is 397 g/mol. The van der Waals surface area contributed by atoms with Crippen molar-refractivity contribution in [3.8, 4) is 5.75 Å². The number of rotatable bonds is 7. The number of carbonyl (C=O) groups is 1. The van der Waals surface area contributed by atoms with E-state index < -0.39 is 10.8 Å². The van der Waals surface area contributed by atoms with E-state index in [4.69, 9.17) is 16.3 Å². The van der Waals surface area contributed by atoms with Crippen molar-refractivity contribution in [3.63, 3.8) is 0 Å². The number of hydrogen-bond acceptors (Lipinski definition) is 5. The highest BCUT2D eigenvalue weighted by atomic mass is 35.5. The summed E-state index contributed by atoms with van der Waals surface area (Å²) in [5, 5.41) is 13.5. The van der Waals surface area contributed by atoms with Crippen LogP contribution in [0.1, 0.15) is 21.6 Å². The van der Waals surface area contributed by atoms with Crippen molar-refractivity contribution in [3.05, 3.63) is 98.8 Å². The minimum atomic E-state index is -0.565. The number of carbonyl (C=O) groups excluding carboxylic acids is 1. The summed E-state index contributed by atoms with van der Waals surface area (Å²) < 4.78 is 5.72. The second-order valence-electron chi connectivity index (χ2n) is 5.86. The second kappa shape index (κ2) is 8.96. The smallest absolute Gasteiger partial charge is 0.270 e. The normalized spacial score (nSPS) is 10.3. The molecular weight excluding hydrogens is 382 g/mol. The molecule has 0 saturated carbocycles. The van der Waals surface area contributed by atoms with E-state index in [1.807, 2.05) is 42.5 Å². The van der Waals surface area contributed by atoms with Gasteiger partial charge in [-0.05, 0) is 35.9 Å². The van der Waals surface area contributed by atoms with Gasteiger partial charge < -0.3 is 10.1 Å². The molecule has 0 fully saturated rings. The minimum Gasteiger partial charge on any atom is -0.487 e. The van der Waals surface area contributed by atoms with Crippen LogP contribution in [0.15, 0.2) is 66.9 Å². The van der Waals surface area contributed by atoms with Crippen molar-refractivity contribution in [1.82, 2.24) is 10.3 Å². The highest BCUT2D eigenvalue weighted by Crippen LogP contribution is 2.22. The van der Waals surface area contributed by atoms with Gasteiger partial charge in [-0.15, -0.1) is 0 Å². The van der Waals surface area contributed by atoms with Crippen molar-refractivity contribution in [1.29, 1.82) is 0 Å². The maximum Gasteiger partial charge on any atom is 0.270 e. The predicted octanol–water partition coefficient (Wildman–Crippen LogP) is 4.15. The van der Waals surface area contributed by atoms with Crippen molar-refractivity contribution in [2.45, 2.75) is 13.2 Å². The minimum absolute atomic E-state index is 0.0270. The maximum absolute atomic E-state index is 12.3. The third-order valence-electron chi connectivity index (χ3n) is 3.87. The van der Waals surface area contributed by atoms with Gasteiger partial charge >= 0.3 is 0 Å². The lowest BCUT2D eigenvalue weighted by atomic mass is 10.1. The topological polar surface area (TPSA) is 94.4 Å². The Morgan fingerprint density at radius 1 is 1.14 bits per heavy atom. The van der Waals surface area contributed by atoms with Gasteiger partial charge in [-0.3, -0.25) is 19.9 Å². The molecule has 142 valence electrons. The first-order valence-corrected chi connectivity index (χ1v) is 8.74. The van der Waals surface area contributed by atoms with E-state index in [2.05, 4.69) is 10.3 Å². The van der Waals surface area contributed by atoms with E-state index in [-0.39, 0.29) is 22.8 Å². The van der Waals surface area contributed by atoms with E-state index in [1.165, 1.54) is 12.1 Å². The zero-order chi connectivity index (χ0) is 19.9. The Balaban J connectivity index is 1.60. The molecule has 0 saturated heterocycles. The summed E-state index contributed by atoms with van der Waals surface area (Å²) in [5.41, 5.74) is 1.66. The summed E-state index contributed by atoms with van der Waals surface area (Å²) in [6.45, 7) is 0.599. The summed E-state index contributed by atoms with van der Waals surface area (Å²) in [5.74, 6) is 0.241. The van der Waals surface area contributed by atoms with Crippen molar-refractivity contribution >= 4 is 23.2 Å². The molecule has 0 bridgehead atoms. The second-order valence-corrected chi connectivity index (χ2v) is 6.27. The van der Waals surface area contributed by atoms with Crippen LogP contribution >= 0.6 is 11.6 Å². The van der Waals surface area contributed by atoms with E-state index in [0.717, 1.165) is 17.3 Å². The lowest BCUT2D eigenvalue weighted by molar-refractivity contribution is -0.384. The fourth-order valence-corrected chi connectivity index (χ4v) is 2.73. The van der Waals surface area contributed by atoms with E-state index in [9.17, 15) is 14.9 Å². The molecule has 0 aliphatic rings. The first-order valence-electron chi connectivity index (χ1n) is 8.37. The van der Waals surface area contributed by atoms with Gasteiger partial charge in [-0.1, -0.05) is 29.8 Å². The number of nitrogens with zero attached hydrogens (tertiary/aromatic N) is 2. The van der Waals surface area contributed by atoms with Gasteiger partial charge in [0.25, 0.3) is 11.6 Å². The zero-order valence-corrected chi connectivity index (χ0v) is 15.4. The molecule has 28 heavy (non-hydrogen) atoms. The van der Waals surface area contributed by atoms with Gasteiger partial charge in [-0.2, -0.15) is 0 Å². The highest BCUT2D eigenvalue weighted by molar-refractivity contribution is 6.34. The van der Waals surface area contributed by atoms with Gasteiger partial charge in [0.1, 0.15) is 12.4 Å². The number of hydrogen-bond donors (Lipinski definition) is 1. The average molecular weight is 398 g/mol. The van der Waals surface area contributed by atoms with Crippen LogP contribution in [-0.2, 0) is 13.2 Å². The fraction of sp³-hybridized carbons (Fsp3) is 0.100. The molecule has 0 atom stereocenters. The fourth-order valence-electron chi connectivity index (χ4n) is 2.47. The van der Waals surface area contributed by atoms with Crippen molar-refractivity contribution in [2.24, 2.45) is 0 Å². The number of ether oxygens (including phenoxy) is 1. The van der Waals surface area contributed by atoms with E-state index in [0.29, 0.717) is 12.4 Å². The summed E-state index contributed by atoms with van der Waals surface area (Å²) in [4.78, 5) is 26.7. The number of pyridine rings is 1. The van der Waals surface area contributed by atoms with Gasteiger partial charge in [-0.25, -0.2) is 0 Å². The Morgan fingerprint density at radius 3 is 2.71 bits per heavy atom. The number of benzene rings is 2. The number of non-ortho nitro benzene ring substituents is 1. The third kappa shape index (κ3) is 5.05. The standard InChI is InChI=1S/C20H16ClN3O4/c21-19-11-16(24(26)27)7-8-18(19)20(25)23-12-14-4-3-6-17(10-14)28-13-15-5-1-2-9-22-15/h1-11H,12-13H2,(H,23,25). The number of nitrogens with one attached hydrogen (secondary N) is 1. The molecule has 3 rings (SSSR count). The SMILES string of the molecule is O=C(NCc1cccc(OCc2ccccn2)c1)c1ccc([N+](=O)[O-])cc1Cl. The van der Waals surface area contributed by atoms with E-state index in [1.54, 1.807) is 6.20 Å². The first-order chi connectivity index (χ1) is 13.5. The zero-order valence-electron chi connectivity index (χ0n) is 14.7. The van der Waals surface area contributed by atoms with Gasteiger partial charge in [0.05, 0.1) is 21.2 Å². The van der Waals surface area contributed by atoms with Crippen LogP contribution in [0.2, 0.25) is 5.02 Å². The molecule has 2 aromatic carbocycles. The third-order valence-corrected chi connectivity index (χ3v) is 4.19. The molecule has 0 aliphatic carbocycles. The largest absolute Gasteiger partial charge is 0.487 e. The molecule has 1 N–H and O–H groups in total. The molecule has 8 heteroatoms. The lowest BCUT2D eigenvalue weighted by Crippen LogP contribution is -2.23. The van der Waals surface area contributed by atoms with Crippen molar-refractivity contribution in [2.75, 3.05) is 0 Å². The quantitative estimate of drug-likeness (QED) is 0.477. The number of nitro groups is 1. The Kier molecular flexibility index (Phi) is 6.18. The summed E-state index contributed by atoms with van der Waals surface area (Å²) in [7, 11) is 0. The van der Waals surface area contributed by atoms with E-state index >= 15 is 0 Å². The molecule has 0 aliphatic heterocycles. The average Bonchev–Trinajstić information content (AvgIpc) is 2.71. The van der Waals surface area contributed by atoms with Crippen LogP contribution in [0.4, 0.5) is 5.69 Å². The van der Waals surface area contributed by atoms with Gasteiger partial charge in [0, 0.05) is 24.9 Å². The van der Waals surface area contributed by atoms with Crippen LogP contribution in [0.25, 0.3) is 0 Å². The molecule has 7 nitrogen and oxygen atoms in total. The van der Waals surface area contributed by atoms with Crippen LogP contribution in [0.3, 0.4) is 0 Å². The molecule has 0 radical (unpaired) electrons. The number of nitro benzene ring substituents is 1. The Morgan fingerprint density at radius 2 is 2.00 bits per heavy atom. The first kappa shape index (κ1) is 19.3. The summed E-state index contributed by atoms with van der Waals surface area (Å²) >= 11 is 5.98. The Bertz CT molecular complexity index is 996. The molecule has 3 aromatic rings. The molecule has 0 unspecified atom stereocenters. The van der Waals surface area contributed by atoms with Gasteiger partial charge in [0.2, 0.25) is 0 Å². The molecule has 1 amide bonds. The van der Waals surface area contributed by atoms with Crippen LogP contribution in [0.5, 0.6) is 5.75 Å². The Labute approximate surface area is 166 Å². The maximum atomic E-state index is 12.3. The molecule has 0 spiro atoms. The molecule has 1 heterocycles. The predicted molar refractivity (Wildman–Crippen MR) is 104 cm³/mol. The van der Waals surface area contributed by atoms with Gasteiger partial charge in [0.15, 0.2) is 0 Å². The van der Waals surface area contributed by atoms with Crippen molar-refractivity contribution < 1.29 is 14.5 Å². The summed E-state index contributed by atoms with van der Waals surface area (Å²) in [6, 6.07) is 16.7.